The minimum absolute atomic E-state index is 0.183. The molecule has 0 aliphatic carbocycles. The molecular weight excluding hydrogens is 245 g/mol. The van der Waals surface area contributed by atoms with E-state index >= 15 is 0 Å². The van der Waals surface area contributed by atoms with Gasteiger partial charge in [0.1, 0.15) is 11.4 Å². The molecule has 2 rings (SSSR count). The molecule has 0 aromatic carbocycles. The molecule has 0 N–H and O–H groups in total. The first kappa shape index (κ1) is 12.7. The highest BCUT2D eigenvalue weighted by molar-refractivity contribution is 5.52. The summed E-state index contributed by atoms with van der Waals surface area (Å²) in [5.41, 5.74) is -1.35. The van der Waals surface area contributed by atoms with Crippen molar-refractivity contribution < 1.29 is 17.6 Å². The topological polar surface area (TPSA) is 31.0 Å². The normalized spacial score (nSPS) is 13.0. The Hall–Kier alpha value is -1.72. The lowest BCUT2D eigenvalue weighted by molar-refractivity contribution is -0.146. The molecule has 0 saturated carbocycles. The van der Waals surface area contributed by atoms with Gasteiger partial charge < -0.3 is 4.42 Å². The van der Waals surface area contributed by atoms with Gasteiger partial charge >= 0.3 is 6.18 Å². The van der Waals surface area contributed by atoms with Crippen molar-refractivity contribution in [2.75, 3.05) is 0 Å². The SMILES string of the molecule is CC(C)(C)n1nc(-c2ccco2)cc1C(F)(F)F. The molecule has 0 radical (unpaired) electrons. The van der Waals surface area contributed by atoms with Crippen LogP contribution in [0, 0.1) is 0 Å². The van der Waals surface area contributed by atoms with Gasteiger partial charge in [-0.2, -0.15) is 18.3 Å². The van der Waals surface area contributed by atoms with Crippen molar-refractivity contribution in [3.8, 4) is 11.5 Å². The molecule has 0 saturated heterocycles. The van der Waals surface area contributed by atoms with Crippen molar-refractivity contribution in [3.63, 3.8) is 0 Å². The summed E-state index contributed by atoms with van der Waals surface area (Å²) in [4.78, 5) is 0. The van der Waals surface area contributed by atoms with Crippen LogP contribution >= 0.6 is 0 Å². The highest BCUT2D eigenvalue weighted by Gasteiger charge is 2.38. The molecule has 0 aliphatic rings. The van der Waals surface area contributed by atoms with E-state index in [0.29, 0.717) is 5.76 Å². The second-order valence-electron chi connectivity index (χ2n) is 4.97. The molecule has 6 heteroatoms. The Morgan fingerprint density at radius 2 is 1.89 bits per heavy atom. The number of nitrogens with zero attached hydrogens (tertiary/aromatic N) is 2. The molecule has 0 aliphatic heterocycles. The molecule has 2 aromatic heterocycles. The monoisotopic (exact) mass is 258 g/mol. The third-order valence-corrected chi connectivity index (χ3v) is 2.41. The Bertz CT molecular complexity index is 501. The summed E-state index contributed by atoms with van der Waals surface area (Å²) in [6, 6.07) is 4.19. The molecule has 98 valence electrons. The first-order chi connectivity index (χ1) is 8.19. The van der Waals surface area contributed by atoms with Gasteiger partial charge in [0.25, 0.3) is 0 Å². The fourth-order valence-electron chi connectivity index (χ4n) is 1.64. The fourth-order valence-corrected chi connectivity index (χ4v) is 1.64. The molecule has 0 unspecified atom stereocenters. The zero-order valence-electron chi connectivity index (χ0n) is 10.2. The summed E-state index contributed by atoms with van der Waals surface area (Å²) in [5.74, 6) is 0.323. The van der Waals surface area contributed by atoms with Crippen LogP contribution in [0.3, 0.4) is 0 Å². The first-order valence-corrected chi connectivity index (χ1v) is 5.41. The van der Waals surface area contributed by atoms with Gasteiger partial charge in [-0.15, -0.1) is 0 Å². The first-order valence-electron chi connectivity index (χ1n) is 5.41. The second kappa shape index (κ2) is 3.90. The van der Waals surface area contributed by atoms with E-state index in [0.717, 1.165) is 10.7 Å². The van der Waals surface area contributed by atoms with Crippen LogP contribution in [0.5, 0.6) is 0 Å². The maximum absolute atomic E-state index is 12.9. The molecule has 2 aromatic rings. The van der Waals surface area contributed by atoms with Crippen LogP contribution in [0.15, 0.2) is 28.9 Å². The van der Waals surface area contributed by atoms with Crippen molar-refractivity contribution in [1.29, 1.82) is 0 Å². The molecule has 0 bridgehead atoms. The van der Waals surface area contributed by atoms with Gasteiger partial charge in [-0.05, 0) is 39.0 Å². The molecule has 3 nitrogen and oxygen atoms in total. The lowest BCUT2D eigenvalue weighted by atomic mass is 10.1. The van der Waals surface area contributed by atoms with E-state index in [1.54, 1.807) is 32.9 Å². The Morgan fingerprint density at radius 1 is 1.22 bits per heavy atom. The number of aromatic nitrogens is 2. The van der Waals surface area contributed by atoms with E-state index < -0.39 is 17.4 Å². The van der Waals surface area contributed by atoms with Gasteiger partial charge in [0.05, 0.1) is 11.8 Å². The van der Waals surface area contributed by atoms with Crippen molar-refractivity contribution >= 4 is 0 Å². The van der Waals surface area contributed by atoms with Gasteiger partial charge in [-0.25, -0.2) is 0 Å². The fraction of sp³-hybridized carbons (Fsp3) is 0.417. The highest BCUT2D eigenvalue weighted by Crippen LogP contribution is 2.35. The average Bonchev–Trinajstić information content (AvgIpc) is 2.84. The maximum Gasteiger partial charge on any atom is 0.433 e. The zero-order chi connectivity index (χ0) is 13.6. The van der Waals surface area contributed by atoms with Crippen LogP contribution in [-0.4, -0.2) is 9.78 Å². The average molecular weight is 258 g/mol. The van der Waals surface area contributed by atoms with Crippen LogP contribution in [0.25, 0.3) is 11.5 Å². The smallest absolute Gasteiger partial charge is 0.433 e. The number of alkyl halides is 3. The van der Waals surface area contributed by atoms with Crippen molar-refractivity contribution in [2.24, 2.45) is 0 Å². The minimum atomic E-state index is -4.44. The number of hydrogen-bond donors (Lipinski definition) is 0. The minimum Gasteiger partial charge on any atom is -0.463 e. The van der Waals surface area contributed by atoms with Gasteiger partial charge in [-0.3, -0.25) is 4.68 Å². The van der Waals surface area contributed by atoms with Gasteiger partial charge in [0, 0.05) is 0 Å². The maximum atomic E-state index is 12.9. The van der Waals surface area contributed by atoms with Crippen molar-refractivity contribution in [3.05, 3.63) is 30.2 Å². The van der Waals surface area contributed by atoms with E-state index in [9.17, 15) is 13.2 Å². The molecule has 0 amide bonds. The number of rotatable bonds is 1. The zero-order valence-corrected chi connectivity index (χ0v) is 10.2. The predicted octanol–water partition coefficient (Wildman–Crippen LogP) is 3.92. The lowest BCUT2D eigenvalue weighted by Gasteiger charge is -2.23. The molecule has 0 atom stereocenters. The highest BCUT2D eigenvalue weighted by atomic mass is 19.4. The third-order valence-electron chi connectivity index (χ3n) is 2.41. The molecule has 0 fully saturated rings. The summed E-state index contributed by atoms with van der Waals surface area (Å²) in [6.45, 7) is 5.00. The summed E-state index contributed by atoms with van der Waals surface area (Å²) < 4.78 is 44.9. The van der Waals surface area contributed by atoms with Crippen LogP contribution < -0.4 is 0 Å². The van der Waals surface area contributed by atoms with Crippen LogP contribution in [0.4, 0.5) is 13.2 Å². The molecule has 2 heterocycles. The predicted molar refractivity (Wildman–Crippen MR) is 59.9 cm³/mol. The van der Waals surface area contributed by atoms with Crippen molar-refractivity contribution in [1.82, 2.24) is 9.78 Å². The van der Waals surface area contributed by atoms with Gasteiger partial charge in [-0.1, -0.05) is 0 Å². The largest absolute Gasteiger partial charge is 0.463 e. The Balaban J connectivity index is 2.59. The summed E-state index contributed by atoms with van der Waals surface area (Å²) in [7, 11) is 0. The number of halogens is 3. The Morgan fingerprint density at radius 3 is 2.28 bits per heavy atom. The van der Waals surface area contributed by atoms with Crippen molar-refractivity contribution in [2.45, 2.75) is 32.5 Å². The van der Waals surface area contributed by atoms with Crippen LogP contribution in [0.2, 0.25) is 0 Å². The van der Waals surface area contributed by atoms with Crippen LogP contribution in [-0.2, 0) is 11.7 Å². The summed E-state index contributed by atoms with van der Waals surface area (Å²) in [5, 5.41) is 3.99. The van der Waals surface area contributed by atoms with Crippen LogP contribution in [0.1, 0.15) is 26.5 Å². The molecule has 0 spiro atoms. The number of hydrogen-bond acceptors (Lipinski definition) is 2. The standard InChI is InChI=1S/C12H13F3N2O/c1-11(2,3)17-10(12(13,14)15)7-8(16-17)9-5-4-6-18-9/h4-7H,1-3H3. The Labute approximate surface area is 102 Å². The van der Waals surface area contributed by atoms with E-state index in [1.165, 1.54) is 6.26 Å². The van der Waals surface area contributed by atoms with E-state index in [1.807, 2.05) is 0 Å². The number of furan rings is 1. The molecule has 18 heavy (non-hydrogen) atoms. The molecular formula is C12H13F3N2O. The Kier molecular flexibility index (Phi) is 2.76. The summed E-state index contributed by atoms with van der Waals surface area (Å²) in [6.07, 6.45) is -3.04. The third kappa shape index (κ3) is 2.27. The lowest BCUT2D eigenvalue weighted by Crippen LogP contribution is -2.28. The van der Waals surface area contributed by atoms with Gasteiger partial charge in [0.2, 0.25) is 0 Å². The van der Waals surface area contributed by atoms with E-state index in [-0.39, 0.29) is 5.69 Å². The summed E-state index contributed by atoms with van der Waals surface area (Å²) >= 11 is 0. The van der Waals surface area contributed by atoms with Gasteiger partial charge in [0.15, 0.2) is 5.76 Å². The van der Waals surface area contributed by atoms with E-state index in [2.05, 4.69) is 5.10 Å². The second-order valence-corrected chi connectivity index (χ2v) is 4.97. The van der Waals surface area contributed by atoms with E-state index in [4.69, 9.17) is 4.42 Å². The quantitative estimate of drug-likeness (QED) is 0.776.